The molecule has 1 heterocycles. The van der Waals surface area contributed by atoms with Gasteiger partial charge in [-0.3, -0.25) is 0 Å². The largest absolute Gasteiger partial charge is 0.0560 e. The van der Waals surface area contributed by atoms with Gasteiger partial charge in [0.2, 0.25) is 0 Å². The van der Waals surface area contributed by atoms with E-state index in [0.29, 0.717) is 10.8 Å². The first-order valence-electron chi connectivity index (χ1n) is 7.58. The van der Waals surface area contributed by atoms with Gasteiger partial charge in [0.15, 0.2) is 0 Å². The lowest BCUT2D eigenvalue weighted by molar-refractivity contribution is 0.502. The Labute approximate surface area is 126 Å². The van der Waals surface area contributed by atoms with Gasteiger partial charge in [0.1, 0.15) is 0 Å². The van der Waals surface area contributed by atoms with Crippen molar-refractivity contribution in [3.05, 3.63) is 39.5 Å². The van der Waals surface area contributed by atoms with E-state index in [1.165, 1.54) is 16.7 Å². The van der Waals surface area contributed by atoms with Crippen molar-refractivity contribution in [3.63, 3.8) is 0 Å². The minimum atomic E-state index is -0.169. The highest BCUT2D eigenvalue weighted by Gasteiger charge is 2.49. The zero-order chi connectivity index (χ0) is 15.5. The minimum absolute atomic E-state index is 0.169. The third-order valence-corrected chi connectivity index (χ3v) is 7.51. The van der Waals surface area contributed by atoms with Crippen LogP contribution in [0.3, 0.4) is 0 Å². The highest BCUT2D eigenvalue weighted by atomic mass is 31.1. The molecule has 0 amide bonds. The molecule has 0 aromatic heterocycles. The van der Waals surface area contributed by atoms with Crippen molar-refractivity contribution in [2.75, 3.05) is 0 Å². The topological polar surface area (TPSA) is 0 Å². The normalized spacial score (nSPS) is 16.9. The molecule has 0 spiro atoms. The molecule has 0 saturated heterocycles. The first-order valence-corrected chi connectivity index (χ1v) is 8.92. The van der Waals surface area contributed by atoms with E-state index in [4.69, 9.17) is 0 Å². The number of aryl methyl sites for hydroxylation is 3. The average molecular weight is 288 g/mol. The second-order valence-electron chi connectivity index (χ2n) is 8.28. The summed E-state index contributed by atoms with van der Waals surface area (Å²) in [5.74, 6) is 0. The summed E-state index contributed by atoms with van der Waals surface area (Å²) in [7, 11) is -0.169. The Hall–Kier alpha value is -0.610. The Balaban J connectivity index is 2.52. The average Bonchev–Trinajstić information content (AvgIpc) is 2.89. The Bertz CT molecular complexity index is 530. The molecule has 0 saturated carbocycles. The molecule has 1 aromatic rings. The minimum Gasteiger partial charge on any atom is -0.0560 e. The van der Waals surface area contributed by atoms with Crippen molar-refractivity contribution in [3.8, 4) is 0 Å². The van der Waals surface area contributed by atoms with Crippen LogP contribution in [0.25, 0.3) is 0 Å². The van der Waals surface area contributed by atoms with Crippen molar-refractivity contribution in [1.29, 1.82) is 0 Å². The van der Waals surface area contributed by atoms with Crippen molar-refractivity contribution >= 4 is 13.2 Å². The highest BCUT2D eigenvalue weighted by molar-refractivity contribution is 7.81. The fourth-order valence-corrected chi connectivity index (χ4v) is 7.07. The lowest BCUT2D eigenvalue weighted by Crippen LogP contribution is -2.10. The van der Waals surface area contributed by atoms with Crippen LogP contribution >= 0.6 is 7.92 Å². The molecule has 1 heteroatoms. The Morgan fingerprint density at radius 3 is 1.35 bits per heavy atom. The molecule has 0 unspecified atom stereocenters. The van der Waals surface area contributed by atoms with Crippen LogP contribution in [-0.4, -0.2) is 0 Å². The number of benzene rings is 1. The molecule has 2 rings (SSSR count). The fourth-order valence-electron chi connectivity index (χ4n) is 3.29. The molecule has 1 aromatic carbocycles. The third-order valence-electron chi connectivity index (χ3n) is 3.90. The molecule has 0 radical (unpaired) electrons. The van der Waals surface area contributed by atoms with E-state index in [0.717, 1.165) is 0 Å². The van der Waals surface area contributed by atoms with Gasteiger partial charge in [0.05, 0.1) is 0 Å². The zero-order valence-electron chi connectivity index (χ0n) is 14.6. The van der Waals surface area contributed by atoms with Gasteiger partial charge >= 0.3 is 0 Å². The van der Waals surface area contributed by atoms with Crippen LogP contribution in [0.2, 0.25) is 0 Å². The summed E-state index contributed by atoms with van der Waals surface area (Å²) in [6.45, 7) is 21.0. The standard InChI is InChI=1S/C19H29P/c1-12-10-13(2)15(14(3)11-12)20-16(18(4,5)6)17(20)19(7,8)9/h10-11H,1-9H3. The van der Waals surface area contributed by atoms with Crippen LogP contribution in [0.5, 0.6) is 0 Å². The van der Waals surface area contributed by atoms with Crippen molar-refractivity contribution < 1.29 is 0 Å². The van der Waals surface area contributed by atoms with Crippen molar-refractivity contribution in [2.45, 2.75) is 62.3 Å². The fraction of sp³-hybridized carbons (Fsp3) is 0.579. The molecule has 20 heavy (non-hydrogen) atoms. The van der Waals surface area contributed by atoms with E-state index < -0.39 is 0 Å². The number of hydrogen-bond donors (Lipinski definition) is 0. The van der Waals surface area contributed by atoms with E-state index in [1.807, 2.05) is 0 Å². The van der Waals surface area contributed by atoms with Crippen LogP contribution in [0.15, 0.2) is 22.8 Å². The number of rotatable bonds is 1. The van der Waals surface area contributed by atoms with Gasteiger partial charge in [-0.15, -0.1) is 0 Å². The summed E-state index contributed by atoms with van der Waals surface area (Å²) >= 11 is 0. The van der Waals surface area contributed by atoms with Gasteiger partial charge in [-0.05, 0) is 66.6 Å². The quantitative estimate of drug-likeness (QED) is 0.553. The van der Waals surface area contributed by atoms with Crippen LogP contribution in [-0.2, 0) is 0 Å². The predicted octanol–water partition coefficient (Wildman–Crippen LogP) is 6.04. The van der Waals surface area contributed by atoms with Gasteiger partial charge in [-0.2, -0.15) is 0 Å². The molecule has 1 aliphatic rings. The Morgan fingerprint density at radius 1 is 0.700 bits per heavy atom. The van der Waals surface area contributed by atoms with E-state index in [1.54, 1.807) is 15.9 Å². The third kappa shape index (κ3) is 2.73. The summed E-state index contributed by atoms with van der Waals surface area (Å²) in [4.78, 5) is 0. The molecule has 110 valence electrons. The summed E-state index contributed by atoms with van der Waals surface area (Å²) in [6, 6.07) is 4.70. The van der Waals surface area contributed by atoms with E-state index in [2.05, 4.69) is 74.4 Å². The van der Waals surface area contributed by atoms with Crippen LogP contribution in [0, 0.1) is 31.6 Å². The first-order chi connectivity index (χ1) is 8.94. The highest BCUT2D eigenvalue weighted by Crippen LogP contribution is 2.78. The zero-order valence-corrected chi connectivity index (χ0v) is 15.5. The van der Waals surface area contributed by atoms with Gasteiger partial charge in [-0.1, -0.05) is 59.2 Å². The number of allylic oxidation sites excluding steroid dienone is 2. The first kappa shape index (κ1) is 15.8. The molecule has 0 atom stereocenters. The second kappa shape index (κ2) is 4.70. The van der Waals surface area contributed by atoms with Crippen LogP contribution in [0.1, 0.15) is 58.2 Å². The van der Waals surface area contributed by atoms with Gasteiger partial charge < -0.3 is 0 Å². The molecule has 0 aliphatic carbocycles. The Kier molecular flexibility index (Phi) is 3.71. The van der Waals surface area contributed by atoms with E-state index >= 15 is 0 Å². The second-order valence-corrected chi connectivity index (χ2v) is 10.3. The number of hydrogen-bond acceptors (Lipinski definition) is 0. The molecular formula is C19H29P. The maximum Gasteiger partial charge on any atom is -0.00977 e. The molecule has 0 nitrogen and oxygen atoms in total. The van der Waals surface area contributed by atoms with E-state index in [9.17, 15) is 0 Å². The summed E-state index contributed by atoms with van der Waals surface area (Å²) in [5.41, 5.74) is 4.95. The van der Waals surface area contributed by atoms with Crippen molar-refractivity contribution in [2.24, 2.45) is 10.8 Å². The lowest BCUT2D eigenvalue weighted by Gasteiger charge is -2.20. The van der Waals surface area contributed by atoms with Gasteiger partial charge in [-0.25, -0.2) is 0 Å². The summed E-state index contributed by atoms with van der Waals surface area (Å²) in [6.07, 6.45) is 0. The molecule has 1 aliphatic heterocycles. The van der Waals surface area contributed by atoms with Crippen LogP contribution in [0.4, 0.5) is 0 Å². The molecule has 0 bridgehead atoms. The lowest BCUT2D eigenvalue weighted by atomic mass is 9.89. The SMILES string of the molecule is Cc1cc(C)c(P2C(C(C)(C)C)=C2C(C)(C)C)c(C)c1. The monoisotopic (exact) mass is 288 g/mol. The maximum absolute atomic E-state index is 2.37. The Morgan fingerprint density at radius 2 is 1.05 bits per heavy atom. The van der Waals surface area contributed by atoms with Gasteiger partial charge in [0.25, 0.3) is 0 Å². The maximum atomic E-state index is 2.37. The van der Waals surface area contributed by atoms with E-state index in [-0.39, 0.29) is 7.92 Å². The van der Waals surface area contributed by atoms with Crippen LogP contribution < -0.4 is 5.30 Å². The summed E-state index contributed by atoms with van der Waals surface area (Å²) < 4.78 is 0. The van der Waals surface area contributed by atoms with Crippen molar-refractivity contribution in [1.82, 2.24) is 0 Å². The predicted molar refractivity (Wildman–Crippen MR) is 93.1 cm³/mol. The van der Waals surface area contributed by atoms with Gasteiger partial charge in [0, 0.05) is 0 Å². The molecular weight excluding hydrogens is 259 g/mol. The molecule has 0 N–H and O–H groups in total. The molecule has 0 fully saturated rings. The summed E-state index contributed by atoms with van der Waals surface area (Å²) in [5, 5.41) is 5.09. The smallest absolute Gasteiger partial charge is 0.00977 e.